The Morgan fingerprint density at radius 1 is 1.25 bits per heavy atom. The number of hydrogen-bond donors (Lipinski definition) is 1. The van der Waals surface area contributed by atoms with Gasteiger partial charge in [0.1, 0.15) is 11.5 Å². The predicted octanol–water partition coefficient (Wildman–Crippen LogP) is 4.12. The molecule has 0 saturated carbocycles. The zero-order chi connectivity index (χ0) is 16.8. The van der Waals surface area contributed by atoms with E-state index >= 15 is 0 Å². The third kappa shape index (κ3) is 3.91. The molecule has 0 spiro atoms. The first-order valence-corrected chi connectivity index (χ1v) is 8.49. The minimum atomic E-state index is -0.0332. The predicted molar refractivity (Wildman–Crippen MR) is 91.9 cm³/mol. The summed E-state index contributed by atoms with van der Waals surface area (Å²) in [5.74, 6) is 1.60. The van der Waals surface area contributed by atoms with Gasteiger partial charge in [-0.1, -0.05) is 25.0 Å². The Balaban J connectivity index is 1.72. The zero-order valence-corrected chi connectivity index (χ0v) is 14.0. The summed E-state index contributed by atoms with van der Waals surface area (Å²) in [7, 11) is 1.66. The number of carbonyl (C=O) groups excluding carboxylic acids is 1. The lowest BCUT2D eigenvalue weighted by Crippen LogP contribution is -2.41. The van der Waals surface area contributed by atoms with E-state index in [2.05, 4.69) is 17.4 Å². The van der Waals surface area contributed by atoms with Crippen LogP contribution in [-0.2, 0) is 6.54 Å². The van der Waals surface area contributed by atoms with E-state index in [1.807, 2.05) is 29.2 Å². The first-order valence-electron chi connectivity index (χ1n) is 8.49. The Kier molecular flexibility index (Phi) is 5.41. The molecule has 1 aromatic heterocycles. The van der Waals surface area contributed by atoms with Crippen LogP contribution in [0.2, 0.25) is 0 Å². The maximum atomic E-state index is 12.7. The van der Waals surface area contributed by atoms with Gasteiger partial charge in [0, 0.05) is 6.54 Å². The molecule has 3 rings (SSSR count). The number of ether oxygens (including phenoxy) is 1. The van der Waals surface area contributed by atoms with Crippen molar-refractivity contribution >= 4 is 6.03 Å². The van der Waals surface area contributed by atoms with Crippen LogP contribution in [0, 0.1) is 0 Å². The molecule has 1 aliphatic heterocycles. The molecule has 1 unspecified atom stereocenters. The second kappa shape index (κ2) is 7.90. The average Bonchev–Trinajstić information content (AvgIpc) is 3.02. The van der Waals surface area contributed by atoms with E-state index in [1.54, 1.807) is 13.4 Å². The summed E-state index contributed by atoms with van der Waals surface area (Å²) in [6, 6.07) is 11.8. The zero-order valence-electron chi connectivity index (χ0n) is 14.0. The lowest BCUT2D eigenvalue weighted by molar-refractivity contribution is 0.174. The Hall–Kier alpha value is -2.43. The first-order chi connectivity index (χ1) is 11.8. The quantitative estimate of drug-likeness (QED) is 0.918. The summed E-state index contributed by atoms with van der Waals surface area (Å²) in [6.45, 7) is 1.19. The fourth-order valence-electron chi connectivity index (χ4n) is 3.20. The summed E-state index contributed by atoms with van der Waals surface area (Å²) in [6.07, 6.45) is 5.95. The SMILES string of the molecule is COc1ccc(C2CCCCCN2C(=O)NCc2ccco2)cc1. The second-order valence-electron chi connectivity index (χ2n) is 6.07. The van der Waals surface area contributed by atoms with Gasteiger partial charge in [-0.2, -0.15) is 0 Å². The van der Waals surface area contributed by atoms with Crippen LogP contribution in [0.15, 0.2) is 47.1 Å². The Morgan fingerprint density at radius 2 is 2.08 bits per heavy atom. The van der Waals surface area contributed by atoms with Crippen molar-refractivity contribution in [3.05, 3.63) is 54.0 Å². The number of urea groups is 1. The summed E-state index contributed by atoms with van der Waals surface area (Å²) in [4.78, 5) is 14.7. The molecule has 1 atom stereocenters. The maximum Gasteiger partial charge on any atom is 0.318 e. The van der Waals surface area contributed by atoms with Crippen LogP contribution in [-0.4, -0.2) is 24.6 Å². The van der Waals surface area contributed by atoms with E-state index in [9.17, 15) is 4.79 Å². The van der Waals surface area contributed by atoms with Crippen molar-refractivity contribution in [1.82, 2.24) is 10.2 Å². The molecule has 5 heteroatoms. The number of carbonyl (C=O) groups is 1. The monoisotopic (exact) mass is 328 g/mol. The van der Waals surface area contributed by atoms with Gasteiger partial charge in [-0.15, -0.1) is 0 Å². The first kappa shape index (κ1) is 16.4. The highest BCUT2D eigenvalue weighted by Crippen LogP contribution is 2.31. The molecule has 0 radical (unpaired) electrons. The van der Waals surface area contributed by atoms with Gasteiger partial charge in [0.15, 0.2) is 0 Å². The van der Waals surface area contributed by atoms with E-state index in [4.69, 9.17) is 9.15 Å². The van der Waals surface area contributed by atoms with Gasteiger partial charge in [0.2, 0.25) is 0 Å². The van der Waals surface area contributed by atoms with Crippen molar-refractivity contribution < 1.29 is 13.9 Å². The normalized spacial score (nSPS) is 18.0. The number of furan rings is 1. The molecule has 1 saturated heterocycles. The summed E-state index contributed by atoms with van der Waals surface area (Å²) >= 11 is 0. The Bertz CT molecular complexity index is 637. The number of amides is 2. The topological polar surface area (TPSA) is 54.7 Å². The van der Waals surface area contributed by atoms with Crippen molar-refractivity contribution in [2.45, 2.75) is 38.3 Å². The van der Waals surface area contributed by atoms with Crippen molar-refractivity contribution in [2.75, 3.05) is 13.7 Å². The Morgan fingerprint density at radius 3 is 2.79 bits per heavy atom. The van der Waals surface area contributed by atoms with Crippen LogP contribution in [0.4, 0.5) is 4.79 Å². The van der Waals surface area contributed by atoms with Crippen molar-refractivity contribution in [2.24, 2.45) is 0 Å². The number of rotatable bonds is 4. The van der Waals surface area contributed by atoms with Gasteiger partial charge in [-0.3, -0.25) is 0 Å². The molecular weight excluding hydrogens is 304 g/mol. The molecule has 24 heavy (non-hydrogen) atoms. The van der Waals surface area contributed by atoms with E-state index < -0.39 is 0 Å². The van der Waals surface area contributed by atoms with Gasteiger partial charge in [-0.25, -0.2) is 4.79 Å². The molecule has 2 amide bonds. The fraction of sp³-hybridized carbons (Fsp3) is 0.421. The highest BCUT2D eigenvalue weighted by molar-refractivity contribution is 5.74. The van der Waals surface area contributed by atoms with Crippen molar-refractivity contribution in [3.63, 3.8) is 0 Å². The van der Waals surface area contributed by atoms with Crippen molar-refractivity contribution in [1.29, 1.82) is 0 Å². The van der Waals surface area contributed by atoms with E-state index in [0.29, 0.717) is 6.54 Å². The Labute approximate surface area is 142 Å². The number of likely N-dealkylation sites (tertiary alicyclic amines) is 1. The molecule has 2 aromatic rings. The van der Waals surface area contributed by atoms with Gasteiger partial charge >= 0.3 is 6.03 Å². The molecule has 2 heterocycles. The minimum Gasteiger partial charge on any atom is -0.497 e. The highest BCUT2D eigenvalue weighted by atomic mass is 16.5. The largest absolute Gasteiger partial charge is 0.497 e. The summed E-state index contributed by atoms with van der Waals surface area (Å²) in [5, 5.41) is 2.97. The summed E-state index contributed by atoms with van der Waals surface area (Å²) < 4.78 is 10.5. The minimum absolute atomic E-state index is 0.0332. The standard InChI is InChI=1S/C19H24N2O3/c1-23-16-10-8-15(9-11-16)18-7-3-2-4-12-21(18)19(22)20-14-17-6-5-13-24-17/h5-6,8-11,13,18H,2-4,7,12,14H2,1H3,(H,20,22). The van der Waals surface area contributed by atoms with E-state index in [0.717, 1.165) is 49.3 Å². The number of methoxy groups -OCH3 is 1. The van der Waals surface area contributed by atoms with Crippen LogP contribution in [0.25, 0.3) is 0 Å². The number of nitrogens with one attached hydrogen (secondary N) is 1. The highest BCUT2D eigenvalue weighted by Gasteiger charge is 2.26. The molecule has 1 N–H and O–H groups in total. The lowest BCUT2D eigenvalue weighted by Gasteiger charge is -2.30. The molecule has 1 aliphatic rings. The van der Waals surface area contributed by atoms with Crippen LogP contribution < -0.4 is 10.1 Å². The van der Waals surface area contributed by atoms with Crippen molar-refractivity contribution in [3.8, 4) is 5.75 Å². The van der Waals surface area contributed by atoms with Crippen LogP contribution in [0.5, 0.6) is 5.75 Å². The van der Waals surface area contributed by atoms with Crippen LogP contribution in [0.3, 0.4) is 0 Å². The van der Waals surface area contributed by atoms with Gasteiger partial charge in [-0.05, 0) is 42.7 Å². The van der Waals surface area contributed by atoms with E-state index in [1.165, 1.54) is 0 Å². The smallest absolute Gasteiger partial charge is 0.318 e. The molecule has 0 bridgehead atoms. The third-order valence-electron chi connectivity index (χ3n) is 4.51. The fourth-order valence-corrected chi connectivity index (χ4v) is 3.20. The number of nitrogens with zero attached hydrogens (tertiary/aromatic N) is 1. The van der Waals surface area contributed by atoms with Crippen LogP contribution in [0.1, 0.15) is 43.0 Å². The average molecular weight is 328 g/mol. The molecular formula is C19H24N2O3. The maximum absolute atomic E-state index is 12.7. The summed E-state index contributed by atoms with van der Waals surface area (Å²) in [5.41, 5.74) is 1.16. The molecule has 1 aromatic carbocycles. The molecule has 1 fully saturated rings. The third-order valence-corrected chi connectivity index (χ3v) is 4.51. The lowest BCUT2D eigenvalue weighted by atomic mass is 10.0. The molecule has 0 aliphatic carbocycles. The molecule has 5 nitrogen and oxygen atoms in total. The second-order valence-corrected chi connectivity index (χ2v) is 6.07. The van der Waals surface area contributed by atoms with E-state index in [-0.39, 0.29) is 12.1 Å². The molecule has 128 valence electrons. The number of hydrogen-bond acceptors (Lipinski definition) is 3. The van der Waals surface area contributed by atoms with Gasteiger partial charge < -0.3 is 19.4 Å². The van der Waals surface area contributed by atoms with Crippen LogP contribution >= 0.6 is 0 Å². The number of benzene rings is 1. The van der Waals surface area contributed by atoms with Gasteiger partial charge in [0.25, 0.3) is 0 Å². The van der Waals surface area contributed by atoms with Gasteiger partial charge in [0.05, 0.1) is 26.0 Å².